The van der Waals surface area contributed by atoms with Crippen LogP contribution in [0.3, 0.4) is 0 Å². The number of nitrogens with zero attached hydrogens (tertiary/aromatic N) is 3. The van der Waals surface area contributed by atoms with Crippen molar-refractivity contribution in [1.82, 2.24) is 15.2 Å². The van der Waals surface area contributed by atoms with Crippen LogP contribution in [0.4, 0.5) is 5.69 Å². The lowest BCUT2D eigenvalue weighted by Gasteiger charge is -2.36. The van der Waals surface area contributed by atoms with Crippen LogP contribution >= 0.6 is 0 Å². The number of rotatable bonds is 6. The van der Waals surface area contributed by atoms with Crippen molar-refractivity contribution in [1.29, 1.82) is 0 Å². The van der Waals surface area contributed by atoms with Gasteiger partial charge in [-0.2, -0.15) is 0 Å². The van der Waals surface area contributed by atoms with E-state index >= 15 is 0 Å². The molecule has 1 aliphatic heterocycles. The highest BCUT2D eigenvalue weighted by molar-refractivity contribution is 5.94. The van der Waals surface area contributed by atoms with Gasteiger partial charge in [-0.3, -0.25) is 14.7 Å². The summed E-state index contributed by atoms with van der Waals surface area (Å²) in [6.07, 6.45) is 5.10. The molecule has 0 saturated carbocycles. The third kappa shape index (κ3) is 4.67. The second-order valence-corrected chi connectivity index (χ2v) is 6.18. The molecular weight excluding hydrogens is 312 g/mol. The molecular formula is C20H24N4O. The molecule has 1 aromatic carbocycles. The van der Waals surface area contributed by atoms with Crippen molar-refractivity contribution in [2.75, 3.05) is 37.6 Å². The van der Waals surface area contributed by atoms with E-state index in [1.165, 1.54) is 5.56 Å². The number of pyridine rings is 1. The number of hydrogen-bond donors (Lipinski definition) is 1. The first-order valence-electron chi connectivity index (χ1n) is 8.61. The molecule has 0 spiro atoms. The summed E-state index contributed by atoms with van der Waals surface area (Å²) in [6, 6.07) is 12.5. The number of benzene rings is 1. The lowest BCUT2D eigenvalue weighted by atomic mass is 10.2. The van der Waals surface area contributed by atoms with Crippen molar-refractivity contribution in [3.8, 4) is 0 Å². The van der Waals surface area contributed by atoms with Gasteiger partial charge in [0.1, 0.15) is 0 Å². The maximum absolute atomic E-state index is 12.1. The molecule has 5 nitrogen and oxygen atoms in total. The van der Waals surface area contributed by atoms with E-state index in [0.717, 1.165) is 38.4 Å². The lowest BCUT2D eigenvalue weighted by Crippen LogP contribution is -2.46. The monoisotopic (exact) mass is 336 g/mol. The number of anilines is 1. The fourth-order valence-corrected chi connectivity index (χ4v) is 3.00. The van der Waals surface area contributed by atoms with Crippen molar-refractivity contribution in [3.63, 3.8) is 0 Å². The Morgan fingerprint density at radius 1 is 1.16 bits per heavy atom. The molecule has 1 fully saturated rings. The zero-order valence-electron chi connectivity index (χ0n) is 14.4. The summed E-state index contributed by atoms with van der Waals surface area (Å²) < 4.78 is 0. The maximum atomic E-state index is 12.1. The van der Waals surface area contributed by atoms with E-state index in [2.05, 4.69) is 50.9 Å². The Labute approximate surface area is 149 Å². The van der Waals surface area contributed by atoms with Gasteiger partial charge in [0.25, 0.3) is 5.91 Å². The number of nitrogens with one attached hydrogen (secondary N) is 1. The molecule has 0 bridgehead atoms. The topological polar surface area (TPSA) is 48.5 Å². The van der Waals surface area contributed by atoms with Gasteiger partial charge in [-0.25, -0.2) is 0 Å². The summed E-state index contributed by atoms with van der Waals surface area (Å²) in [5.41, 5.74) is 2.94. The van der Waals surface area contributed by atoms with Gasteiger partial charge in [-0.1, -0.05) is 36.4 Å². The molecule has 1 amide bonds. The van der Waals surface area contributed by atoms with Crippen LogP contribution in [-0.2, 0) is 6.54 Å². The third-order valence-electron chi connectivity index (χ3n) is 4.38. The highest BCUT2D eigenvalue weighted by atomic mass is 16.1. The molecule has 1 aromatic heterocycles. The highest BCUT2D eigenvalue weighted by Gasteiger charge is 2.18. The largest absolute Gasteiger partial charge is 0.368 e. The Balaban J connectivity index is 1.57. The average molecular weight is 336 g/mol. The molecule has 1 aliphatic rings. The number of amides is 1. The molecule has 2 heterocycles. The Kier molecular flexibility index (Phi) is 5.80. The molecule has 0 radical (unpaired) electrons. The first-order valence-corrected chi connectivity index (χ1v) is 8.61. The van der Waals surface area contributed by atoms with Crippen molar-refractivity contribution < 1.29 is 4.79 Å². The van der Waals surface area contributed by atoms with Gasteiger partial charge in [0, 0.05) is 45.5 Å². The minimum absolute atomic E-state index is 0.114. The van der Waals surface area contributed by atoms with E-state index in [-0.39, 0.29) is 5.91 Å². The van der Waals surface area contributed by atoms with E-state index in [9.17, 15) is 4.79 Å². The van der Waals surface area contributed by atoms with Crippen molar-refractivity contribution in [3.05, 3.63) is 72.6 Å². The molecule has 3 rings (SSSR count). The van der Waals surface area contributed by atoms with Crippen LogP contribution in [0.2, 0.25) is 0 Å². The smallest absolute Gasteiger partial charge is 0.253 e. The maximum Gasteiger partial charge on any atom is 0.253 e. The third-order valence-corrected chi connectivity index (χ3v) is 4.38. The summed E-state index contributed by atoms with van der Waals surface area (Å²) in [4.78, 5) is 21.1. The van der Waals surface area contributed by atoms with Crippen LogP contribution in [0.1, 0.15) is 15.9 Å². The Morgan fingerprint density at radius 2 is 1.92 bits per heavy atom. The predicted octanol–water partition coefficient (Wildman–Crippen LogP) is 2.32. The number of carbonyl (C=O) groups is 1. The van der Waals surface area contributed by atoms with E-state index in [1.54, 1.807) is 12.3 Å². The van der Waals surface area contributed by atoms with Gasteiger partial charge in [-0.05, 0) is 11.6 Å². The SMILES string of the molecule is C=CCNC(=O)c1cncc(N2CCN(Cc3ccccc3)CC2)c1. The fourth-order valence-electron chi connectivity index (χ4n) is 3.00. The Hall–Kier alpha value is -2.66. The zero-order chi connectivity index (χ0) is 17.5. The molecule has 0 unspecified atom stereocenters. The highest BCUT2D eigenvalue weighted by Crippen LogP contribution is 2.18. The molecule has 25 heavy (non-hydrogen) atoms. The number of piperazine rings is 1. The number of hydrogen-bond acceptors (Lipinski definition) is 4. The van der Waals surface area contributed by atoms with Crippen molar-refractivity contribution in [2.45, 2.75) is 6.54 Å². The van der Waals surface area contributed by atoms with E-state index < -0.39 is 0 Å². The van der Waals surface area contributed by atoms with Crippen molar-refractivity contribution in [2.24, 2.45) is 0 Å². The van der Waals surface area contributed by atoms with Gasteiger partial charge in [0.05, 0.1) is 17.4 Å². The number of aromatic nitrogens is 1. The molecule has 1 N–H and O–H groups in total. The zero-order valence-corrected chi connectivity index (χ0v) is 14.4. The van der Waals surface area contributed by atoms with E-state index in [1.807, 2.05) is 18.3 Å². The predicted molar refractivity (Wildman–Crippen MR) is 101 cm³/mol. The number of carbonyl (C=O) groups excluding carboxylic acids is 1. The van der Waals surface area contributed by atoms with E-state index in [4.69, 9.17) is 0 Å². The second-order valence-electron chi connectivity index (χ2n) is 6.18. The minimum atomic E-state index is -0.114. The van der Waals surface area contributed by atoms with Gasteiger partial charge >= 0.3 is 0 Å². The molecule has 0 aliphatic carbocycles. The van der Waals surface area contributed by atoms with E-state index in [0.29, 0.717) is 12.1 Å². The summed E-state index contributed by atoms with van der Waals surface area (Å²) in [6.45, 7) is 8.93. The van der Waals surface area contributed by atoms with Gasteiger partial charge in [0.2, 0.25) is 0 Å². The Morgan fingerprint density at radius 3 is 2.64 bits per heavy atom. The van der Waals surface area contributed by atoms with Crippen LogP contribution < -0.4 is 10.2 Å². The standard InChI is InChI=1S/C20H24N4O/c1-2-8-22-20(25)18-13-19(15-21-14-18)24-11-9-23(10-12-24)16-17-6-4-3-5-7-17/h2-7,13-15H,1,8-12,16H2,(H,22,25). The fraction of sp³-hybridized carbons (Fsp3) is 0.300. The molecule has 0 atom stereocenters. The van der Waals surface area contributed by atoms with Crippen LogP contribution in [0.5, 0.6) is 0 Å². The van der Waals surface area contributed by atoms with Crippen molar-refractivity contribution >= 4 is 11.6 Å². The first kappa shape index (κ1) is 17.2. The lowest BCUT2D eigenvalue weighted by molar-refractivity contribution is 0.0957. The average Bonchev–Trinajstić information content (AvgIpc) is 2.67. The summed E-state index contributed by atoms with van der Waals surface area (Å²) in [7, 11) is 0. The first-order chi connectivity index (χ1) is 12.3. The van der Waals surface area contributed by atoms with Crippen LogP contribution in [0, 0.1) is 0 Å². The Bertz CT molecular complexity index is 709. The summed E-state index contributed by atoms with van der Waals surface area (Å²) in [5, 5.41) is 2.79. The van der Waals surface area contributed by atoms with Crippen LogP contribution in [0.15, 0.2) is 61.4 Å². The summed E-state index contributed by atoms with van der Waals surface area (Å²) in [5.74, 6) is -0.114. The molecule has 5 heteroatoms. The molecule has 2 aromatic rings. The second kappa shape index (κ2) is 8.44. The summed E-state index contributed by atoms with van der Waals surface area (Å²) >= 11 is 0. The van der Waals surface area contributed by atoms with Gasteiger partial charge < -0.3 is 10.2 Å². The van der Waals surface area contributed by atoms with Crippen LogP contribution in [-0.4, -0.2) is 48.5 Å². The van der Waals surface area contributed by atoms with Crippen LogP contribution in [0.25, 0.3) is 0 Å². The molecule has 130 valence electrons. The normalized spacial score (nSPS) is 15.0. The minimum Gasteiger partial charge on any atom is -0.368 e. The van der Waals surface area contributed by atoms with Gasteiger partial charge in [-0.15, -0.1) is 6.58 Å². The quantitative estimate of drug-likeness (QED) is 0.823. The molecule has 1 saturated heterocycles. The van der Waals surface area contributed by atoms with Gasteiger partial charge in [0.15, 0.2) is 0 Å².